The van der Waals surface area contributed by atoms with Crippen molar-refractivity contribution in [2.24, 2.45) is 0 Å². The van der Waals surface area contributed by atoms with Crippen LogP contribution in [-0.2, 0) is 4.74 Å². The summed E-state index contributed by atoms with van der Waals surface area (Å²) in [6, 6.07) is 10.4. The highest BCUT2D eigenvalue weighted by Crippen LogP contribution is 2.26. The second kappa shape index (κ2) is 7.03. The van der Waals surface area contributed by atoms with Crippen molar-refractivity contribution in [3.05, 3.63) is 64.7 Å². The van der Waals surface area contributed by atoms with E-state index in [0.29, 0.717) is 11.3 Å². The fourth-order valence-electron chi connectivity index (χ4n) is 2.91. The molecule has 2 aromatic rings. The van der Waals surface area contributed by atoms with Gasteiger partial charge in [0.05, 0.1) is 23.8 Å². The number of imide groups is 1. The monoisotopic (exact) mass is 366 g/mol. The van der Waals surface area contributed by atoms with Crippen LogP contribution in [0.15, 0.2) is 42.5 Å². The third kappa shape index (κ3) is 3.31. The van der Waals surface area contributed by atoms with Crippen molar-refractivity contribution in [3.8, 4) is 0 Å². The molecule has 7 nitrogen and oxygen atoms in total. The lowest BCUT2D eigenvalue weighted by molar-refractivity contribution is 0.0592. The van der Waals surface area contributed by atoms with Crippen LogP contribution in [0.4, 0.5) is 5.69 Å². The molecule has 27 heavy (non-hydrogen) atoms. The molecule has 1 aliphatic heterocycles. The van der Waals surface area contributed by atoms with Gasteiger partial charge in [0.15, 0.2) is 0 Å². The molecular weight excluding hydrogens is 348 g/mol. The second-order valence-corrected chi connectivity index (χ2v) is 6.36. The zero-order valence-corrected chi connectivity index (χ0v) is 15.1. The van der Waals surface area contributed by atoms with E-state index < -0.39 is 17.8 Å². The van der Waals surface area contributed by atoms with Crippen LogP contribution in [0.2, 0.25) is 0 Å². The summed E-state index contributed by atoms with van der Waals surface area (Å²) in [7, 11) is 1.27. The van der Waals surface area contributed by atoms with Crippen LogP contribution in [0.3, 0.4) is 0 Å². The van der Waals surface area contributed by atoms with Crippen LogP contribution < -0.4 is 5.32 Å². The zero-order valence-electron chi connectivity index (χ0n) is 15.1. The Kier molecular flexibility index (Phi) is 4.77. The molecule has 0 unspecified atom stereocenters. The Morgan fingerprint density at radius 3 is 2.33 bits per heavy atom. The molecule has 2 aromatic carbocycles. The molecule has 0 saturated heterocycles. The standard InChI is InChI=1S/C20H18N2O5/c1-11(2)22-18(24)15-8-7-12(10-16(15)19(22)25)17(23)21-14-6-4-5-13(9-14)20(26)27-3/h4-11H,1-3H3,(H,21,23). The Bertz CT molecular complexity index is 965. The minimum atomic E-state index is -0.512. The minimum absolute atomic E-state index is 0.213. The van der Waals surface area contributed by atoms with Gasteiger partial charge in [-0.05, 0) is 50.2 Å². The Labute approximate surface area is 155 Å². The number of hydrogen-bond acceptors (Lipinski definition) is 5. The van der Waals surface area contributed by atoms with Gasteiger partial charge in [-0.1, -0.05) is 6.07 Å². The average Bonchev–Trinajstić information content (AvgIpc) is 2.91. The van der Waals surface area contributed by atoms with E-state index in [1.807, 2.05) is 0 Å². The molecule has 0 fully saturated rings. The van der Waals surface area contributed by atoms with Gasteiger partial charge in [0.1, 0.15) is 0 Å². The number of hydrogen-bond donors (Lipinski definition) is 1. The Balaban J connectivity index is 1.85. The van der Waals surface area contributed by atoms with E-state index in [-0.39, 0.29) is 28.6 Å². The van der Waals surface area contributed by atoms with E-state index in [0.717, 1.165) is 0 Å². The van der Waals surface area contributed by atoms with Gasteiger partial charge in [-0.2, -0.15) is 0 Å². The maximum Gasteiger partial charge on any atom is 0.337 e. The van der Waals surface area contributed by atoms with E-state index in [9.17, 15) is 19.2 Å². The average molecular weight is 366 g/mol. The number of amides is 3. The molecule has 1 heterocycles. The highest BCUT2D eigenvalue weighted by molar-refractivity contribution is 6.22. The van der Waals surface area contributed by atoms with E-state index in [4.69, 9.17) is 0 Å². The smallest absolute Gasteiger partial charge is 0.337 e. The topological polar surface area (TPSA) is 92.8 Å². The minimum Gasteiger partial charge on any atom is -0.465 e. The molecular formula is C20H18N2O5. The van der Waals surface area contributed by atoms with Gasteiger partial charge in [-0.25, -0.2) is 4.79 Å². The zero-order chi connectivity index (χ0) is 19.7. The molecule has 0 aliphatic carbocycles. The lowest BCUT2D eigenvalue weighted by Gasteiger charge is -2.17. The summed E-state index contributed by atoms with van der Waals surface area (Å²) in [5.74, 6) is -1.74. The van der Waals surface area contributed by atoms with Crippen molar-refractivity contribution < 1.29 is 23.9 Å². The van der Waals surface area contributed by atoms with E-state index in [1.54, 1.807) is 32.0 Å². The molecule has 0 bridgehead atoms. The number of carbonyl (C=O) groups excluding carboxylic acids is 4. The van der Waals surface area contributed by atoms with Gasteiger partial charge in [0.2, 0.25) is 0 Å². The fraction of sp³-hybridized carbons (Fsp3) is 0.200. The molecule has 0 atom stereocenters. The molecule has 138 valence electrons. The lowest BCUT2D eigenvalue weighted by atomic mass is 10.1. The second-order valence-electron chi connectivity index (χ2n) is 6.36. The fourth-order valence-corrected chi connectivity index (χ4v) is 2.91. The first-order valence-electron chi connectivity index (χ1n) is 8.35. The third-order valence-corrected chi connectivity index (χ3v) is 4.24. The van der Waals surface area contributed by atoms with Crippen LogP contribution in [0, 0.1) is 0 Å². The molecule has 0 spiro atoms. The van der Waals surface area contributed by atoms with Crippen molar-refractivity contribution >= 4 is 29.4 Å². The van der Waals surface area contributed by atoms with Gasteiger partial charge in [-0.15, -0.1) is 0 Å². The van der Waals surface area contributed by atoms with E-state index in [2.05, 4.69) is 10.1 Å². The first-order valence-corrected chi connectivity index (χ1v) is 8.35. The molecule has 0 saturated carbocycles. The normalized spacial score (nSPS) is 13.0. The number of rotatable bonds is 4. The highest BCUT2D eigenvalue weighted by atomic mass is 16.5. The van der Waals surface area contributed by atoms with Crippen LogP contribution in [0.1, 0.15) is 55.3 Å². The molecule has 7 heteroatoms. The quantitative estimate of drug-likeness (QED) is 0.663. The number of benzene rings is 2. The van der Waals surface area contributed by atoms with Crippen molar-refractivity contribution in [1.82, 2.24) is 4.90 Å². The maximum atomic E-state index is 12.5. The lowest BCUT2D eigenvalue weighted by Crippen LogP contribution is -2.35. The first kappa shape index (κ1) is 18.3. The largest absolute Gasteiger partial charge is 0.465 e. The molecule has 3 amide bonds. The van der Waals surface area contributed by atoms with Gasteiger partial charge in [0, 0.05) is 17.3 Å². The summed E-state index contributed by atoms with van der Waals surface area (Å²) in [6.07, 6.45) is 0. The summed E-state index contributed by atoms with van der Waals surface area (Å²) in [4.78, 5) is 50.1. The summed E-state index contributed by atoms with van der Waals surface area (Å²) < 4.78 is 4.66. The number of nitrogens with one attached hydrogen (secondary N) is 1. The molecule has 3 rings (SSSR count). The number of carbonyl (C=O) groups is 4. The third-order valence-electron chi connectivity index (χ3n) is 4.24. The van der Waals surface area contributed by atoms with Crippen molar-refractivity contribution in [2.75, 3.05) is 12.4 Å². The van der Waals surface area contributed by atoms with Gasteiger partial charge in [-0.3, -0.25) is 19.3 Å². The summed E-state index contributed by atoms with van der Waals surface area (Å²) >= 11 is 0. The molecule has 1 N–H and O–H groups in total. The Hall–Kier alpha value is -3.48. The number of ether oxygens (including phenoxy) is 1. The number of methoxy groups -OCH3 is 1. The van der Waals surface area contributed by atoms with Crippen molar-refractivity contribution in [1.29, 1.82) is 0 Å². The van der Waals surface area contributed by atoms with Gasteiger partial charge < -0.3 is 10.1 Å². The number of fused-ring (bicyclic) bond motifs is 1. The number of nitrogens with zero attached hydrogens (tertiary/aromatic N) is 1. The van der Waals surface area contributed by atoms with Crippen LogP contribution in [0.5, 0.6) is 0 Å². The molecule has 1 aliphatic rings. The SMILES string of the molecule is COC(=O)c1cccc(NC(=O)c2ccc3c(c2)C(=O)N(C(C)C)C3=O)c1. The summed E-state index contributed by atoms with van der Waals surface area (Å²) in [5.41, 5.74) is 1.46. The van der Waals surface area contributed by atoms with Gasteiger partial charge >= 0.3 is 5.97 Å². The predicted molar refractivity (Wildman–Crippen MR) is 97.8 cm³/mol. The van der Waals surface area contributed by atoms with E-state index >= 15 is 0 Å². The number of esters is 1. The molecule has 0 radical (unpaired) electrons. The Morgan fingerprint density at radius 2 is 1.67 bits per heavy atom. The van der Waals surface area contributed by atoms with E-state index in [1.165, 1.54) is 36.3 Å². The van der Waals surface area contributed by atoms with Gasteiger partial charge in [0.25, 0.3) is 17.7 Å². The summed E-state index contributed by atoms with van der Waals surface area (Å²) in [6.45, 7) is 3.51. The van der Waals surface area contributed by atoms with Crippen LogP contribution >= 0.6 is 0 Å². The maximum absolute atomic E-state index is 12.5. The van der Waals surface area contributed by atoms with Crippen LogP contribution in [0.25, 0.3) is 0 Å². The first-order chi connectivity index (χ1) is 12.8. The van der Waals surface area contributed by atoms with Crippen molar-refractivity contribution in [3.63, 3.8) is 0 Å². The van der Waals surface area contributed by atoms with Crippen LogP contribution in [-0.4, -0.2) is 41.7 Å². The predicted octanol–water partition coefficient (Wildman–Crippen LogP) is 2.73. The number of anilines is 1. The Morgan fingerprint density at radius 1 is 0.963 bits per heavy atom. The molecule has 0 aromatic heterocycles. The summed E-state index contributed by atoms with van der Waals surface area (Å²) in [5, 5.41) is 2.67. The highest BCUT2D eigenvalue weighted by Gasteiger charge is 2.37. The van der Waals surface area contributed by atoms with Crippen molar-refractivity contribution in [2.45, 2.75) is 19.9 Å².